The number of amides is 1. The van der Waals surface area contributed by atoms with E-state index in [2.05, 4.69) is 0 Å². The zero-order valence-corrected chi connectivity index (χ0v) is 10.7. The number of piperazine rings is 1. The van der Waals surface area contributed by atoms with Crippen molar-refractivity contribution in [2.24, 2.45) is 5.73 Å². The van der Waals surface area contributed by atoms with Gasteiger partial charge < -0.3 is 11.1 Å². The Labute approximate surface area is 103 Å². The molecule has 0 unspecified atom stereocenters. The topological polar surface area (TPSA) is 97.1 Å². The number of rotatable bonds is 3. The van der Waals surface area contributed by atoms with E-state index >= 15 is 0 Å². The fraction of sp³-hybridized carbons (Fsp3) is 0.444. The van der Waals surface area contributed by atoms with Crippen LogP contribution >= 0.6 is 11.3 Å². The molecule has 0 spiro atoms. The van der Waals surface area contributed by atoms with Crippen LogP contribution in [0.4, 0.5) is 0 Å². The predicted molar refractivity (Wildman–Crippen MR) is 62.9 cm³/mol. The molecule has 1 aliphatic heterocycles. The molecule has 8 heteroatoms. The molecule has 0 aliphatic carbocycles. The standard InChI is InChI=1S/C9H13N3O3S2/c10-9(13)7-6-12(4-3-11-7)17(14,15)8-2-1-5-16-8/h1-2,5,7,11H,3-4,6H2,(H2,10,13)/p+1/t7-/m0/s1. The number of hydrogen-bond acceptors (Lipinski definition) is 4. The van der Waals surface area contributed by atoms with E-state index in [0.29, 0.717) is 17.3 Å². The van der Waals surface area contributed by atoms with E-state index in [1.165, 1.54) is 15.6 Å². The van der Waals surface area contributed by atoms with Crippen LogP contribution in [0.3, 0.4) is 0 Å². The van der Waals surface area contributed by atoms with E-state index < -0.39 is 22.0 Å². The number of carbonyl (C=O) groups excluding carboxylic acids is 1. The van der Waals surface area contributed by atoms with Gasteiger partial charge in [-0.3, -0.25) is 4.79 Å². The minimum Gasteiger partial charge on any atom is -0.364 e. The predicted octanol–water partition coefficient (Wildman–Crippen LogP) is -1.83. The molecule has 17 heavy (non-hydrogen) atoms. The van der Waals surface area contributed by atoms with Crippen LogP contribution in [0.25, 0.3) is 0 Å². The van der Waals surface area contributed by atoms with E-state index in [4.69, 9.17) is 5.73 Å². The summed E-state index contributed by atoms with van der Waals surface area (Å²) in [4.78, 5) is 11.1. The van der Waals surface area contributed by atoms with Gasteiger partial charge in [-0.1, -0.05) is 6.07 Å². The molecule has 94 valence electrons. The van der Waals surface area contributed by atoms with Gasteiger partial charge in [0.25, 0.3) is 15.9 Å². The zero-order chi connectivity index (χ0) is 12.5. The SMILES string of the molecule is NC(=O)[C@@H]1CN(S(=O)(=O)c2cccs2)CC[NH2+]1. The second kappa shape index (κ2) is 4.73. The molecule has 1 atom stereocenters. The first-order valence-electron chi connectivity index (χ1n) is 5.18. The normalized spacial score (nSPS) is 22.5. The van der Waals surface area contributed by atoms with Crippen molar-refractivity contribution < 1.29 is 18.5 Å². The fourth-order valence-electron chi connectivity index (χ4n) is 1.77. The van der Waals surface area contributed by atoms with Crippen molar-refractivity contribution in [2.45, 2.75) is 10.3 Å². The Morgan fingerprint density at radius 3 is 2.94 bits per heavy atom. The number of quaternary nitrogens is 1. The van der Waals surface area contributed by atoms with Crippen LogP contribution in [-0.4, -0.2) is 44.3 Å². The van der Waals surface area contributed by atoms with Gasteiger partial charge in [0.1, 0.15) is 4.21 Å². The minimum absolute atomic E-state index is 0.148. The van der Waals surface area contributed by atoms with Gasteiger partial charge in [0.2, 0.25) is 0 Å². The molecular formula is C9H14N3O3S2+. The lowest BCUT2D eigenvalue weighted by atomic mass is 10.2. The molecule has 6 nitrogen and oxygen atoms in total. The maximum absolute atomic E-state index is 12.2. The second-order valence-electron chi connectivity index (χ2n) is 3.83. The van der Waals surface area contributed by atoms with Gasteiger partial charge in [0.15, 0.2) is 6.04 Å². The van der Waals surface area contributed by atoms with Gasteiger partial charge in [0, 0.05) is 0 Å². The summed E-state index contributed by atoms with van der Waals surface area (Å²) in [5, 5.41) is 3.50. The van der Waals surface area contributed by atoms with Crippen molar-refractivity contribution in [1.29, 1.82) is 0 Å². The summed E-state index contributed by atoms with van der Waals surface area (Å²) in [7, 11) is -3.46. The Morgan fingerprint density at radius 1 is 1.59 bits per heavy atom. The van der Waals surface area contributed by atoms with Gasteiger partial charge in [0.05, 0.1) is 19.6 Å². The maximum Gasteiger partial charge on any atom is 0.277 e. The van der Waals surface area contributed by atoms with Crippen molar-refractivity contribution in [3.63, 3.8) is 0 Å². The van der Waals surface area contributed by atoms with Gasteiger partial charge in [-0.15, -0.1) is 11.3 Å². The summed E-state index contributed by atoms with van der Waals surface area (Å²) in [5.41, 5.74) is 5.20. The molecular weight excluding hydrogens is 262 g/mol. The lowest BCUT2D eigenvalue weighted by molar-refractivity contribution is -0.683. The van der Waals surface area contributed by atoms with Crippen molar-refractivity contribution in [1.82, 2.24) is 4.31 Å². The molecule has 2 heterocycles. The molecule has 1 amide bonds. The molecule has 0 bridgehead atoms. The Bertz CT molecular complexity index is 498. The van der Waals surface area contributed by atoms with Crippen LogP contribution in [0.5, 0.6) is 0 Å². The van der Waals surface area contributed by atoms with E-state index in [9.17, 15) is 13.2 Å². The van der Waals surface area contributed by atoms with Gasteiger partial charge in [-0.05, 0) is 11.4 Å². The lowest BCUT2D eigenvalue weighted by Gasteiger charge is -2.28. The second-order valence-corrected chi connectivity index (χ2v) is 6.94. The first kappa shape index (κ1) is 12.5. The van der Waals surface area contributed by atoms with Gasteiger partial charge in [-0.25, -0.2) is 8.42 Å². The number of primary amides is 1. The van der Waals surface area contributed by atoms with Gasteiger partial charge >= 0.3 is 0 Å². The number of thiophene rings is 1. The molecule has 1 aromatic rings. The smallest absolute Gasteiger partial charge is 0.277 e. The van der Waals surface area contributed by atoms with E-state index in [1.807, 2.05) is 0 Å². The van der Waals surface area contributed by atoms with Crippen LogP contribution in [0.15, 0.2) is 21.7 Å². The number of carbonyl (C=O) groups is 1. The Balaban J connectivity index is 2.20. The molecule has 4 N–H and O–H groups in total. The highest BCUT2D eigenvalue weighted by Gasteiger charge is 2.35. The summed E-state index contributed by atoms with van der Waals surface area (Å²) >= 11 is 1.18. The third-order valence-electron chi connectivity index (χ3n) is 2.68. The number of hydrogen-bond donors (Lipinski definition) is 2. The van der Waals surface area contributed by atoms with E-state index in [0.717, 1.165) is 0 Å². The third-order valence-corrected chi connectivity index (χ3v) is 5.92. The van der Waals surface area contributed by atoms with Crippen LogP contribution in [0.1, 0.15) is 0 Å². The van der Waals surface area contributed by atoms with Gasteiger partial charge in [-0.2, -0.15) is 4.31 Å². The summed E-state index contributed by atoms with van der Waals surface area (Å²) in [5.74, 6) is -0.476. The molecule has 0 aromatic carbocycles. The average molecular weight is 276 g/mol. The summed E-state index contributed by atoms with van der Waals surface area (Å²) in [6.07, 6.45) is 0. The first-order chi connectivity index (χ1) is 8.01. The van der Waals surface area contributed by atoms with Crippen LogP contribution in [0.2, 0.25) is 0 Å². The van der Waals surface area contributed by atoms with Crippen LogP contribution in [0, 0.1) is 0 Å². The Morgan fingerprint density at radius 2 is 2.35 bits per heavy atom. The summed E-state index contributed by atoms with van der Waals surface area (Å²) in [6, 6.07) is 2.77. The van der Waals surface area contributed by atoms with E-state index in [1.54, 1.807) is 22.8 Å². The van der Waals surface area contributed by atoms with Crippen LogP contribution in [-0.2, 0) is 14.8 Å². The molecule has 0 saturated carbocycles. The third kappa shape index (κ3) is 2.49. The van der Waals surface area contributed by atoms with Crippen molar-refractivity contribution in [2.75, 3.05) is 19.6 Å². The first-order valence-corrected chi connectivity index (χ1v) is 7.50. The molecule has 0 radical (unpaired) electrons. The van der Waals surface area contributed by atoms with Crippen molar-refractivity contribution in [3.8, 4) is 0 Å². The lowest BCUT2D eigenvalue weighted by Crippen LogP contribution is -2.97. The number of nitrogens with two attached hydrogens (primary N) is 2. The number of sulfonamides is 1. The molecule has 2 rings (SSSR count). The average Bonchev–Trinajstić information content (AvgIpc) is 2.83. The molecule has 1 aromatic heterocycles. The van der Waals surface area contributed by atoms with Crippen molar-refractivity contribution in [3.05, 3.63) is 17.5 Å². The molecule has 1 saturated heterocycles. The Hall–Kier alpha value is -0.960. The quantitative estimate of drug-likeness (QED) is 0.679. The maximum atomic E-state index is 12.2. The highest BCUT2D eigenvalue weighted by Crippen LogP contribution is 2.20. The monoisotopic (exact) mass is 276 g/mol. The molecule has 1 aliphatic rings. The molecule has 1 fully saturated rings. The Kier molecular flexibility index (Phi) is 3.48. The highest BCUT2D eigenvalue weighted by atomic mass is 32.2. The van der Waals surface area contributed by atoms with Crippen molar-refractivity contribution >= 4 is 27.3 Å². The highest BCUT2D eigenvalue weighted by molar-refractivity contribution is 7.91. The minimum atomic E-state index is -3.46. The van der Waals surface area contributed by atoms with E-state index in [-0.39, 0.29) is 6.54 Å². The summed E-state index contributed by atoms with van der Waals surface area (Å²) in [6.45, 7) is 1.11. The zero-order valence-electron chi connectivity index (χ0n) is 9.07. The summed E-state index contributed by atoms with van der Waals surface area (Å²) < 4.78 is 26.0. The number of nitrogens with zero attached hydrogens (tertiary/aromatic N) is 1. The van der Waals surface area contributed by atoms with Crippen LogP contribution < -0.4 is 11.1 Å². The fourth-order valence-corrected chi connectivity index (χ4v) is 4.39. The largest absolute Gasteiger partial charge is 0.364 e.